The van der Waals surface area contributed by atoms with E-state index in [1.54, 1.807) is 12.1 Å². The summed E-state index contributed by atoms with van der Waals surface area (Å²) in [5.74, 6) is 1.16. The highest BCUT2D eigenvalue weighted by atomic mass is 16.5. The molecule has 5 nitrogen and oxygen atoms in total. The number of nitrogens with zero attached hydrogens (tertiary/aromatic N) is 2. The molecule has 1 amide bonds. The fourth-order valence-electron chi connectivity index (χ4n) is 1.89. The maximum absolute atomic E-state index is 11.8. The minimum Gasteiger partial charge on any atom is -0.361 e. The Kier molecular flexibility index (Phi) is 4.50. The van der Waals surface area contributed by atoms with E-state index in [1.165, 1.54) is 0 Å². The molecule has 0 fully saturated rings. The Labute approximate surface area is 118 Å². The molecule has 0 saturated heterocycles. The molecule has 0 atom stereocenters. The van der Waals surface area contributed by atoms with Gasteiger partial charge in [-0.3, -0.25) is 4.79 Å². The van der Waals surface area contributed by atoms with Crippen molar-refractivity contribution in [2.75, 3.05) is 6.54 Å². The zero-order valence-corrected chi connectivity index (χ0v) is 12.0. The summed E-state index contributed by atoms with van der Waals surface area (Å²) in [6.45, 7) is 6.69. The second-order valence-electron chi connectivity index (χ2n) is 5.04. The van der Waals surface area contributed by atoms with Crippen molar-refractivity contribution in [2.24, 2.45) is 5.92 Å². The van der Waals surface area contributed by atoms with Crippen LogP contribution in [-0.4, -0.2) is 22.6 Å². The van der Waals surface area contributed by atoms with E-state index >= 15 is 0 Å². The Hall–Kier alpha value is -2.17. The summed E-state index contributed by atoms with van der Waals surface area (Å²) in [7, 11) is 0. The van der Waals surface area contributed by atoms with Crippen LogP contribution in [0.1, 0.15) is 37.0 Å². The van der Waals surface area contributed by atoms with Crippen LogP contribution in [0, 0.1) is 5.92 Å². The molecular formula is C15H19N3O2. The highest BCUT2D eigenvalue weighted by Gasteiger charge is 2.12. The molecule has 1 N–H and O–H groups in total. The number of rotatable bonds is 5. The zero-order chi connectivity index (χ0) is 14.5. The number of amides is 1. The highest BCUT2D eigenvalue weighted by molar-refractivity contribution is 5.92. The number of hydrogen-bond acceptors (Lipinski definition) is 4. The van der Waals surface area contributed by atoms with Gasteiger partial charge in [0.25, 0.3) is 5.91 Å². The van der Waals surface area contributed by atoms with Gasteiger partial charge in [0.05, 0.1) is 5.69 Å². The van der Waals surface area contributed by atoms with Gasteiger partial charge in [-0.2, -0.15) is 0 Å². The summed E-state index contributed by atoms with van der Waals surface area (Å²) < 4.78 is 5.29. The molecule has 0 aliphatic carbocycles. The van der Waals surface area contributed by atoms with Crippen molar-refractivity contribution in [2.45, 2.75) is 27.2 Å². The second-order valence-corrected chi connectivity index (χ2v) is 5.04. The van der Waals surface area contributed by atoms with Gasteiger partial charge in [0.1, 0.15) is 17.1 Å². The smallest absolute Gasteiger partial charge is 0.269 e. The van der Waals surface area contributed by atoms with Crippen LogP contribution in [0.15, 0.2) is 28.8 Å². The van der Waals surface area contributed by atoms with Gasteiger partial charge >= 0.3 is 0 Å². The minimum atomic E-state index is -0.180. The van der Waals surface area contributed by atoms with E-state index in [2.05, 4.69) is 29.3 Å². The Bertz CT molecular complexity index is 590. The number of nitrogens with one attached hydrogen (secondary N) is 1. The Morgan fingerprint density at radius 3 is 2.85 bits per heavy atom. The van der Waals surface area contributed by atoms with Crippen molar-refractivity contribution in [1.29, 1.82) is 0 Å². The number of aromatic nitrogens is 2. The average molecular weight is 273 g/mol. The van der Waals surface area contributed by atoms with Crippen LogP contribution in [-0.2, 0) is 6.42 Å². The molecule has 2 rings (SSSR count). The van der Waals surface area contributed by atoms with Crippen LogP contribution in [0.3, 0.4) is 0 Å². The van der Waals surface area contributed by atoms with Gasteiger partial charge in [-0.25, -0.2) is 4.98 Å². The van der Waals surface area contributed by atoms with Gasteiger partial charge in [0.15, 0.2) is 0 Å². The lowest BCUT2D eigenvalue weighted by atomic mass is 10.1. The first kappa shape index (κ1) is 14.2. The predicted octanol–water partition coefficient (Wildman–Crippen LogP) is 2.68. The summed E-state index contributed by atoms with van der Waals surface area (Å²) >= 11 is 0. The van der Waals surface area contributed by atoms with Crippen molar-refractivity contribution < 1.29 is 9.32 Å². The predicted molar refractivity (Wildman–Crippen MR) is 76.3 cm³/mol. The number of carbonyl (C=O) groups excluding carboxylic acids is 1. The summed E-state index contributed by atoms with van der Waals surface area (Å²) in [4.78, 5) is 16.1. The van der Waals surface area contributed by atoms with E-state index in [1.807, 2.05) is 19.1 Å². The summed E-state index contributed by atoms with van der Waals surface area (Å²) in [6, 6.07) is 7.18. The Morgan fingerprint density at radius 2 is 2.15 bits per heavy atom. The standard InChI is InChI=1S/C15H19N3O2/c1-4-16-15(19)13-7-5-6-12(17-13)14-9-11(20-18-14)8-10(2)3/h5-7,9-10H,4,8H2,1-3H3,(H,16,19). The van der Waals surface area contributed by atoms with Crippen LogP contribution in [0.4, 0.5) is 0 Å². The van der Waals surface area contributed by atoms with Crippen LogP contribution >= 0.6 is 0 Å². The van der Waals surface area contributed by atoms with E-state index in [-0.39, 0.29) is 5.91 Å². The van der Waals surface area contributed by atoms with Gasteiger partial charge in [0, 0.05) is 19.0 Å². The lowest BCUT2D eigenvalue weighted by molar-refractivity contribution is 0.0951. The fraction of sp³-hybridized carbons (Fsp3) is 0.400. The highest BCUT2D eigenvalue weighted by Crippen LogP contribution is 2.19. The van der Waals surface area contributed by atoms with E-state index in [4.69, 9.17) is 4.52 Å². The summed E-state index contributed by atoms with van der Waals surface area (Å²) in [6.07, 6.45) is 0.836. The van der Waals surface area contributed by atoms with Gasteiger partial charge in [-0.1, -0.05) is 25.1 Å². The molecule has 0 radical (unpaired) electrons. The molecule has 2 aromatic rings. The summed E-state index contributed by atoms with van der Waals surface area (Å²) in [5, 5.41) is 6.74. The topological polar surface area (TPSA) is 68.0 Å². The number of pyridine rings is 1. The van der Waals surface area contributed by atoms with Crippen molar-refractivity contribution >= 4 is 5.91 Å². The molecule has 5 heteroatoms. The first-order valence-electron chi connectivity index (χ1n) is 6.81. The zero-order valence-electron chi connectivity index (χ0n) is 12.0. The van der Waals surface area contributed by atoms with Crippen molar-refractivity contribution in [1.82, 2.24) is 15.5 Å². The Morgan fingerprint density at radius 1 is 1.35 bits per heavy atom. The monoisotopic (exact) mass is 273 g/mol. The van der Waals surface area contributed by atoms with Gasteiger partial charge in [-0.15, -0.1) is 0 Å². The van der Waals surface area contributed by atoms with Crippen LogP contribution in [0.5, 0.6) is 0 Å². The summed E-state index contributed by atoms with van der Waals surface area (Å²) in [5.41, 5.74) is 1.69. The lowest BCUT2D eigenvalue weighted by Gasteiger charge is -2.02. The van der Waals surface area contributed by atoms with Crippen LogP contribution in [0.2, 0.25) is 0 Å². The van der Waals surface area contributed by atoms with E-state index < -0.39 is 0 Å². The maximum Gasteiger partial charge on any atom is 0.269 e. The molecule has 20 heavy (non-hydrogen) atoms. The molecule has 0 aliphatic rings. The first-order chi connectivity index (χ1) is 9.60. The third-order valence-electron chi connectivity index (χ3n) is 2.75. The SMILES string of the molecule is CCNC(=O)c1cccc(-c2cc(CC(C)C)on2)n1. The molecular weight excluding hydrogens is 254 g/mol. The van der Waals surface area contributed by atoms with Crippen molar-refractivity contribution in [3.63, 3.8) is 0 Å². The molecule has 0 saturated carbocycles. The maximum atomic E-state index is 11.8. The lowest BCUT2D eigenvalue weighted by Crippen LogP contribution is -2.23. The van der Waals surface area contributed by atoms with E-state index in [9.17, 15) is 4.79 Å². The largest absolute Gasteiger partial charge is 0.361 e. The first-order valence-corrected chi connectivity index (χ1v) is 6.81. The normalized spacial score (nSPS) is 10.8. The van der Waals surface area contributed by atoms with Crippen LogP contribution in [0.25, 0.3) is 11.4 Å². The quantitative estimate of drug-likeness (QED) is 0.909. The van der Waals surface area contributed by atoms with Crippen molar-refractivity contribution in [3.8, 4) is 11.4 Å². The molecule has 0 bridgehead atoms. The molecule has 0 aliphatic heterocycles. The fourth-order valence-corrected chi connectivity index (χ4v) is 1.89. The van der Waals surface area contributed by atoms with Gasteiger partial charge in [-0.05, 0) is 25.0 Å². The van der Waals surface area contributed by atoms with E-state index in [0.717, 1.165) is 12.2 Å². The van der Waals surface area contributed by atoms with Gasteiger partial charge < -0.3 is 9.84 Å². The third kappa shape index (κ3) is 3.44. The molecule has 2 heterocycles. The number of carbonyl (C=O) groups is 1. The van der Waals surface area contributed by atoms with Crippen molar-refractivity contribution in [3.05, 3.63) is 35.7 Å². The second kappa shape index (κ2) is 6.32. The van der Waals surface area contributed by atoms with Gasteiger partial charge in [0.2, 0.25) is 0 Å². The molecule has 2 aromatic heterocycles. The minimum absolute atomic E-state index is 0.180. The van der Waals surface area contributed by atoms with Crippen LogP contribution < -0.4 is 5.32 Å². The third-order valence-corrected chi connectivity index (χ3v) is 2.75. The molecule has 0 unspecified atom stereocenters. The molecule has 0 aromatic carbocycles. The van der Waals surface area contributed by atoms with E-state index in [0.29, 0.717) is 29.5 Å². The Balaban J connectivity index is 2.22. The average Bonchev–Trinajstić information content (AvgIpc) is 2.87. The molecule has 0 spiro atoms. The number of hydrogen-bond donors (Lipinski definition) is 1. The molecule has 106 valence electrons.